The van der Waals surface area contributed by atoms with Gasteiger partial charge < -0.3 is 14.5 Å². The van der Waals surface area contributed by atoms with E-state index in [4.69, 9.17) is 4.74 Å². The first-order chi connectivity index (χ1) is 17.0. The van der Waals surface area contributed by atoms with Crippen molar-refractivity contribution in [1.29, 1.82) is 0 Å². The maximum atomic E-state index is 12.9. The maximum Gasteiger partial charge on any atom is 0.413 e. The maximum absolute atomic E-state index is 12.9. The van der Waals surface area contributed by atoms with Crippen molar-refractivity contribution in [1.82, 2.24) is 20.2 Å². The molecule has 0 saturated carbocycles. The van der Waals surface area contributed by atoms with E-state index in [1.807, 2.05) is 0 Å². The van der Waals surface area contributed by atoms with E-state index in [1.54, 1.807) is 24.4 Å². The normalized spacial score (nSPS) is 19.9. The largest absolute Gasteiger partial charge is 0.444 e. The van der Waals surface area contributed by atoms with Crippen molar-refractivity contribution in [3.8, 4) is 0 Å². The van der Waals surface area contributed by atoms with Gasteiger partial charge in [0.25, 0.3) is 5.91 Å². The Labute approximate surface area is 201 Å². The molecule has 1 unspecified atom stereocenters. The van der Waals surface area contributed by atoms with Crippen LogP contribution < -0.4 is 15.5 Å². The van der Waals surface area contributed by atoms with Crippen LogP contribution in [0, 0.1) is 0 Å². The summed E-state index contributed by atoms with van der Waals surface area (Å²) >= 11 is 0. The quantitative estimate of drug-likeness (QED) is 0.623. The summed E-state index contributed by atoms with van der Waals surface area (Å²) in [6.07, 6.45) is 6.48. The summed E-state index contributed by atoms with van der Waals surface area (Å²) in [7, 11) is 0. The molecule has 4 amide bonds. The second-order valence-electron chi connectivity index (χ2n) is 8.90. The second-order valence-corrected chi connectivity index (χ2v) is 8.90. The Bertz CT molecular complexity index is 1160. The Kier molecular flexibility index (Phi) is 6.30. The zero-order valence-electron chi connectivity index (χ0n) is 19.2. The van der Waals surface area contributed by atoms with Crippen LogP contribution >= 0.6 is 0 Å². The van der Waals surface area contributed by atoms with Crippen LogP contribution in [0.5, 0.6) is 0 Å². The third-order valence-corrected chi connectivity index (χ3v) is 6.51. The first kappa shape index (κ1) is 22.8. The minimum atomic E-state index is -0.679. The summed E-state index contributed by atoms with van der Waals surface area (Å²) in [4.78, 5) is 61.0. The molecule has 11 nitrogen and oxygen atoms in total. The molecule has 0 aliphatic carbocycles. The highest BCUT2D eigenvalue weighted by molar-refractivity contribution is 6.05. The predicted molar refractivity (Wildman–Crippen MR) is 124 cm³/mol. The number of imide groups is 1. The Morgan fingerprint density at radius 1 is 1.11 bits per heavy atom. The number of ether oxygens (including phenoxy) is 1. The molecule has 0 radical (unpaired) electrons. The number of hydrogen-bond acceptors (Lipinski definition) is 8. The van der Waals surface area contributed by atoms with Crippen LogP contribution in [0.4, 0.5) is 16.4 Å². The number of nitrogens with zero attached hydrogens (tertiary/aromatic N) is 4. The van der Waals surface area contributed by atoms with Crippen LogP contribution in [0.2, 0.25) is 0 Å². The number of anilines is 2. The van der Waals surface area contributed by atoms with E-state index in [2.05, 4.69) is 25.5 Å². The lowest BCUT2D eigenvalue weighted by molar-refractivity contribution is -0.136. The van der Waals surface area contributed by atoms with E-state index in [0.717, 1.165) is 37.3 Å². The van der Waals surface area contributed by atoms with Gasteiger partial charge in [0.1, 0.15) is 18.5 Å². The minimum Gasteiger partial charge on any atom is -0.444 e. The summed E-state index contributed by atoms with van der Waals surface area (Å²) in [6.45, 7) is 2.17. The first-order valence-electron chi connectivity index (χ1n) is 11.7. The zero-order valence-corrected chi connectivity index (χ0v) is 19.2. The molecule has 2 aromatic rings. The fourth-order valence-corrected chi connectivity index (χ4v) is 4.65. The molecule has 0 bridgehead atoms. The van der Waals surface area contributed by atoms with Gasteiger partial charge in [-0.2, -0.15) is 0 Å². The predicted octanol–water partition coefficient (Wildman–Crippen LogP) is 1.98. The summed E-state index contributed by atoms with van der Waals surface area (Å²) in [5, 5.41) is 4.85. The van der Waals surface area contributed by atoms with Crippen LogP contribution in [0.15, 0.2) is 30.6 Å². The highest BCUT2D eigenvalue weighted by Crippen LogP contribution is 2.28. The van der Waals surface area contributed by atoms with Gasteiger partial charge in [-0.15, -0.1) is 0 Å². The average molecular weight is 479 g/mol. The molecule has 1 aromatic heterocycles. The number of nitrogens with one attached hydrogen (secondary N) is 2. The molecular weight excluding hydrogens is 452 g/mol. The van der Waals surface area contributed by atoms with Crippen LogP contribution in [0.3, 0.4) is 0 Å². The highest BCUT2D eigenvalue weighted by Gasteiger charge is 2.39. The molecular formula is C24H26N6O5. The molecule has 0 spiro atoms. The summed E-state index contributed by atoms with van der Waals surface area (Å²) in [5.41, 5.74) is 1.90. The number of benzene rings is 1. The summed E-state index contributed by atoms with van der Waals surface area (Å²) in [6, 6.07) is 4.57. The van der Waals surface area contributed by atoms with E-state index < -0.39 is 18.0 Å². The third kappa shape index (κ3) is 4.93. The molecule has 3 aliphatic heterocycles. The van der Waals surface area contributed by atoms with Gasteiger partial charge in [0.2, 0.25) is 11.8 Å². The molecule has 11 heteroatoms. The lowest BCUT2D eigenvalue weighted by Gasteiger charge is -2.29. The van der Waals surface area contributed by atoms with Crippen molar-refractivity contribution in [3.63, 3.8) is 0 Å². The van der Waals surface area contributed by atoms with Gasteiger partial charge in [0, 0.05) is 31.6 Å². The molecule has 1 aromatic carbocycles. The van der Waals surface area contributed by atoms with E-state index in [-0.39, 0.29) is 24.8 Å². The standard InChI is InChI=1S/C24H26N6O5/c31-21-7-6-18(22(32)28-21)30-13-16-5-4-15(10-17(16)23(30)33)14-35-24(34)27-19-11-26-20(12-25-19)29-8-2-1-3-9-29/h4-5,10-12,18H,1-3,6-9,13-14H2,(H,25,27,34)(H,28,31,32). The first-order valence-corrected chi connectivity index (χ1v) is 11.7. The Hall–Kier alpha value is -4.02. The number of piperidine rings is 2. The zero-order chi connectivity index (χ0) is 24.4. The number of aromatic nitrogens is 2. The molecule has 5 rings (SSSR count). The number of carbonyl (C=O) groups excluding carboxylic acids is 4. The van der Waals surface area contributed by atoms with E-state index in [1.165, 1.54) is 17.5 Å². The van der Waals surface area contributed by atoms with Crippen molar-refractivity contribution in [3.05, 3.63) is 47.3 Å². The highest BCUT2D eigenvalue weighted by atomic mass is 16.5. The molecule has 35 heavy (non-hydrogen) atoms. The van der Waals surface area contributed by atoms with Crippen molar-refractivity contribution in [2.75, 3.05) is 23.3 Å². The van der Waals surface area contributed by atoms with Crippen LogP contribution in [-0.4, -0.2) is 57.8 Å². The van der Waals surface area contributed by atoms with Gasteiger partial charge in [-0.1, -0.05) is 12.1 Å². The topological polar surface area (TPSA) is 134 Å². The third-order valence-electron chi connectivity index (χ3n) is 6.51. The fraction of sp³-hybridized carbons (Fsp3) is 0.417. The average Bonchev–Trinajstić information content (AvgIpc) is 3.19. The monoisotopic (exact) mass is 478 g/mol. The Morgan fingerprint density at radius 2 is 1.94 bits per heavy atom. The van der Waals surface area contributed by atoms with Crippen molar-refractivity contribution < 1.29 is 23.9 Å². The summed E-state index contributed by atoms with van der Waals surface area (Å²) < 4.78 is 5.29. The number of carbonyl (C=O) groups is 4. The fourth-order valence-electron chi connectivity index (χ4n) is 4.65. The summed E-state index contributed by atoms with van der Waals surface area (Å²) in [5.74, 6) is 0.0363. The lowest BCUT2D eigenvalue weighted by atomic mass is 10.0. The lowest BCUT2D eigenvalue weighted by Crippen LogP contribution is -2.52. The minimum absolute atomic E-state index is 0.0376. The second kappa shape index (κ2) is 9.69. The number of rotatable bonds is 5. The van der Waals surface area contributed by atoms with Gasteiger partial charge in [-0.05, 0) is 42.9 Å². The van der Waals surface area contributed by atoms with Gasteiger partial charge in [0.15, 0.2) is 5.82 Å². The van der Waals surface area contributed by atoms with Crippen LogP contribution in [0.25, 0.3) is 0 Å². The van der Waals surface area contributed by atoms with E-state index in [0.29, 0.717) is 29.9 Å². The number of fused-ring (bicyclic) bond motifs is 1. The van der Waals surface area contributed by atoms with Crippen molar-refractivity contribution in [2.45, 2.75) is 51.3 Å². The number of hydrogen-bond donors (Lipinski definition) is 2. The Morgan fingerprint density at radius 3 is 2.69 bits per heavy atom. The molecule has 182 valence electrons. The van der Waals surface area contributed by atoms with Crippen LogP contribution in [-0.2, 0) is 27.5 Å². The van der Waals surface area contributed by atoms with Crippen molar-refractivity contribution in [2.24, 2.45) is 0 Å². The molecule has 1 atom stereocenters. The molecule has 3 aliphatic rings. The van der Waals surface area contributed by atoms with Crippen molar-refractivity contribution >= 4 is 35.5 Å². The molecule has 2 saturated heterocycles. The van der Waals surface area contributed by atoms with Gasteiger partial charge >= 0.3 is 6.09 Å². The Balaban J connectivity index is 1.15. The molecule has 4 heterocycles. The van der Waals surface area contributed by atoms with Gasteiger partial charge in [0.05, 0.1) is 12.4 Å². The van der Waals surface area contributed by atoms with E-state index >= 15 is 0 Å². The number of amides is 4. The van der Waals surface area contributed by atoms with Crippen LogP contribution in [0.1, 0.15) is 53.6 Å². The van der Waals surface area contributed by atoms with E-state index in [9.17, 15) is 19.2 Å². The molecule has 2 fully saturated rings. The van der Waals surface area contributed by atoms with Gasteiger partial charge in [-0.3, -0.25) is 25.0 Å². The molecule has 2 N–H and O–H groups in total. The van der Waals surface area contributed by atoms with Gasteiger partial charge in [-0.25, -0.2) is 14.8 Å². The SMILES string of the molecule is O=C1CCC(N2Cc3ccc(COC(=O)Nc4cnc(N5CCCCC5)cn4)cc3C2=O)C(=O)N1. The smallest absolute Gasteiger partial charge is 0.413 e.